The maximum atomic E-state index is 13.3. The Morgan fingerprint density at radius 1 is 1.39 bits per heavy atom. The molecule has 0 aliphatic carbocycles. The van der Waals surface area contributed by atoms with E-state index < -0.39 is 5.92 Å². The van der Waals surface area contributed by atoms with E-state index in [4.69, 9.17) is 10.2 Å². The third-order valence-electron chi connectivity index (χ3n) is 3.06. The molecule has 0 atom stereocenters. The molecule has 1 fully saturated rings. The van der Waals surface area contributed by atoms with Crippen LogP contribution in [0.3, 0.4) is 0 Å². The number of halogens is 2. The number of nitrogens with two attached hydrogens (primary N) is 1. The van der Waals surface area contributed by atoms with E-state index in [2.05, 4.69) is 4.98 Å². The monoisotopic (exact) mass is 253 g/mol. The first-order chi connectivity index (χ1) is 8.53. The highest BCUT2D eigenvalue weighted by Crippen LogP contribution is 2.31. The molecule has 1 aromatic carbocycles. The Labute approximate surface area is 102 Å². The second kappa shape index (κ2) is 3.83. The lowest BCUT2D eigenvalue weighted by Crippen LogP contribution is -2.42. The minimum atomic E-state index is -2.67. The highest BCUT2D eigenvalue weighted by Gasteiger charge is 2.36. The zero-order valence-corrected chi connectivity index (χ0v) is 9.70. The van der Waals surface area contributed by atoms with Crippen LogP contribution >= 0.6 is 0 Å². The Morgan fingerprint density at radius 2 is 2.22 bits per heavy atom. The number of hydrogen-bond donors (Lipinski definition) is 1. The molecule has 1 aliphatic rings. The molecule has 4 nitrogen and oxygen atoms in total. The summed E-state index contributed by atoms with van der Waals surface area (Å²) in [6.07, 6.45) is 0.366. The van der Waals surface area contributed by atoms with Crippen LogP contribution in [0.5, 0.6) is 0 Å². The van der Waals surface area contributed by atoms with Gasteiger partial charge in [0.15, 0.2) is 5.58 Å². The fourth-order valence-corrected chi connectivity index (χ4v) is 2.20. The van der Waals surface area contributed by atoms with Gasteiger partial charge in [-0.15, -0.1) is 0 Å². The van der Waals surface area contributed by atoms with Gasteiger partial charge in [0.25, 0.3) is 11.9 Å². The number of alkyl halides is 2. The van der Waals surface area contributed by atoms with Gasteiger partial charge in [0.05, 0.1) is 6.54 Å². The van der Waals surface area contributed by atoms with Gasteiger partial charge in [0.2, 0.25) is 0 Å². The van der Waals surface area contributed by atoms with E-state index in [9.17, 15) is 8.78 Å². The first-order valence-corrected chi connectivity index (χ1v) is 5.82. The minimum absolute atomic E-state index is 0.0727. The molecule has 96 valence electrons. The smallest absolute Gasteiger partial charge is 0.298 e. The summed E-state index contributed by atoms with van der Waals surface area (Å²) in [7, 11) is 0. The van der Waals surface area contributed by atoms with Crippen molar-refractivity contribution in [2.45, 2.75) is 18.8 Å². The van der Waals surface area contributed by atoms with Crippen LogP contribution in [0.15, 0.2) is 22.6 Å². The van der Waals surface area contributed by atoms with E-state index in [1.807, 2.05) is 0 Å². The third kappa shape index (κ3) is 1.98. The van der Waals surface area contributed by atoms with Gasteiger partial charge in [-0.1, -0.05) is 0 Å². The summed E-state index contributed by atoms with van der Waals surface area (Å²) in [5.41, 5.74) is 7.37. The molecule has 18 heavy (non-hydrogen) atoms. The molecule has 0 bridgehead atoms. The lowest BCUT2D eigenvalue weighted by Gasteiger charge is -2.31. The molecule has 0 amide bonds. The van der Waals surface area contributed by atoms with Gasteiger partial charge in [-0.3, -0.25) is 0 Å². The maximum Gasteiger partial charge on any atom is 0.298 e. The number of anilines is 2. The molecule has 0 radical (unpaired) electrons. The molecule has 1 aromatic heterocycles. The molecule has 2 heterocycles. The predicted octanol–water partition coefficient (Wildman–Crippen LogP) is 2.65. The molecule has 0 unspecified atom stereocenters. The van der Waals surface area contributed by atoms with Crippen LogP contribution in [-0.2, 0) is 0 Å². The number of nitrogens with zero attached hydrogens (tertiary/aromatic N) is 2. The van der Waals surface area contributed by atoms with Gasteiger partial charge < -0.3 is 15.1 Å². The summed E-state index contributed by atoms with van der Waals surface area (Å²) in [6.45, 7) is 0.202. The van der Waals surface area contributed by atoms with Crippen LogP contribution in [0.4, 0.5) is 20.5 Å². The van der Waals surface area contributed by atoms with E-state index in [-0.39, 0.29) is 19.0 Å². The standard InChI is InChI=1S/C12H13F2N3O/c13-12(14)4-1-5-17(7-12)11-16-9-6-8(15)2-3-10(9)18-11/h2-3,6H,1,4-5,7,15H2. The quantitative estimate of drug-likeness (QED) is 0.794. The number of nitrogen functional groups attached to an aromatic ring is 1. The fourth-order valence-electron chi connectivity index (χ4n) is 2.20. The van der Waals surface area contributed by atoms with Gasteiger partial charge in [0.1, 0.15) is 5.52 Å². The number of fused-ring (bicyclic) bond motifs is 1. The number of hydrogen-bond acceptors (Lipinski definition) is 4. The van der Waals surface area contributed by atoms with Crippen LogP contribution in [-0.4, -0.2) is 24.0 Å². The second-order valence-electron chi connectivity index (χ2n) is 4.60. The zero-order valence-electron chi connectivity index (χ0n) is 9.70. The average molecular weight is 253 g/mol. The van der Waals surface area contributed by atoms with Crippen molar-refractivity contribution >= 4 is 22.8 Å². The molecule has 3 rings (SSSR count). The number of aromatic nitrogens is 1. The normalized spacial score (nSPS) is 19.3. The van der Waals surface area contributed by atoms with Crippen molar-refractivity contribution in [1.29, 1.82) is 0 Å². The number of oxazole rings is 1. The predicted molar refractivity (Wildman–Crippen MR) is 64.8 cm³/mol. The molecule has 6 heteroatoms. The zero-order chi connectivity index (χ0) is 12.8. The Kier molecular flexibility index (Phi) is 2.39. The van der Waals surface area contributed by atoms with Crippen LogP contribution in [0.2, 0.25) is 0 Å². The molecular weight excluding hydrogens is 240 g/mol. The van der Waals surface area contributed by atoms with Crippen LogP contribution < -0.4 is 10.6 Å². The topological polar surface area (TPSA) is 55.3 Å². The van der Waals surface area contributed by atoms with E-state index in [1.165, 1.54) is 4.90 Å². The van der Waals surface area contributed by atoms with Crippen molar-refractivity contribution in [3.8, 4) is 0 Å². The van der Waals surface area contributed by atoms with E-state index in [0.29, 0.717) is 29.8 Å². The van der Waals surface area contributed by atoms with Gasteiger partial charge in [-0.25, -0.2) is 8.78 Å². The third-order valence-corrected chi connectivity index (χ3v) is 3.06. The van der Waals surface area contributed by atoms with Crippen molar-refractivity contribution in [3.63, 3.8) is 0 Å². The summed E-state index contributed by atoms with van der Waals surface area (Å²) in [6, 6.07) is 5.31. The number of rotatable bonds is 1. The van der Waals surface area contributed by atoms with Crippen molar-refractivity contribution < 1.29 is 13.2 Å². The van der Waals surface area contributed by atoms with Gasteiger partial charge in [-0.2, -0.15) is 4.98 Å². The average Bonchev–Trinajstić information content (AvgIpc) is 2.70. The van der Waals surface area contributed by atoms with E-state index in [1.54, 1.807) is 18.2 Å². The molecule has 0 spiro atoms. The van der Waals surface area contributed by atoms with Gasteiger partial charge >= 0.3 is 0 Å². The molecule has 0 saturated carbocycles. The van der Waals surface area contributed by atoms with Crippen molar-refractivity contribution in [1.82, 2.24) is 4.98 Å². The fraction of sp³-hybridized carbons (Fsp3) is 0.417. The second-order valence-corrected chi connectivity index (χ2v) is 4.60. The Morgan fingerprint density at radius 3 is 3.00 bits per heavy atom. The largest absolute Gasteiger partial charge is 0.423 e. The maximum absolute atomic E-state index is 13.3. The molecule has 2 N–H and O–H groups in total. The Balaban J connectivity index is 1.94. The van der Waals surface area contributed by atoms with Crippen LogP contribution in [0.25, 0.3) is 11.1 Å². The molecule has 1 aliphatic heterocycles. The Hall–Kier alpha value is -1.85. The number of piperidine rings is 1. The lowest BCUT2D eigenvalue weighted by atomic mass is 10.1. The highest BCUT2D eigenvalue weighted by molar-refractivity contribution is 5.78. The minimum Gasteiger partial charge on any atom is -0.423 e. The lowest BCUT2D eigenvalue weighted by molar-refractivity contribution is -0.0127. The highest BCUT2D eigenvalue weighted by atomic mass is 19.3. The van der Waals surface area contributed by atoms with Gasteiger partial charge in [-0.05, 0) is 24.6 Å². The molecular formula is C12H13F2N3O. The SMILES string of the molecule is Nc1ccc2oc(N3CCCC(F)(F)C3)nc2c1. The summed E-state index contributed by atoms with van der Waals surface area (Å²) in [5.74, 6) is -2.67. The van der Waals surface area contributed by atoms with Crippen molar-refractivity contribution in [2.24, 2.45) is 0 Å². The Bertz CT molecular complexity index is 582. The first-order valence-electron chi connectivity index (χ1n) is 5.82. The van der Waals surface area contributed by atoms with Crippen LogP contribution in [0.1, 0.15) is 12.8 Å². The first kappa shape index (κ1) is 11.3. The summed E-state index contributed by atoms with van der Waals surface area (Å²) in [4.78, 5) is 5.69. The molecule has 1 saturated heterocycles. The summed E-state index contributed by atoms with van der Waals surface area (Å²) in [5, 5.41) is 0. The number of benzene rings is 1. The van der Waals surface area contributed by atoms with Crippen molar-refractivity contribution in [3.05, 3.63) is 18.2 Å². The van der Waals surface area contributed by atoms with Gasteiger partial charge in [0, 0.05) is 18.7 Å². The van der Waals surface area contributed by atoms with Crippen molar-refractivity contribution in [2.75, 3.05) is 23.7 Å². The summed E-state index contributed by atoms with van der Waals surface area (Å²) >= 11 is 0. The van der Waals surface area contributed by atoms with Crippen LogP contribution in [0, 0.1) is 0 Å². The summed E-state index contributed by atoms with van der Waals surface area (Å²) < 4.78 is 32.1. The van der Waals surface area contributed by atoms with E-state index >= 15 is 0 Å². The molecule has 2 aromatic rings. The van der Waals surface area contributed by atoms with E-state index in [0.717, 1.165) is 0 Å².